The van der Waals surface area contributed by atoms with Crippen LogP contribution in [0.2, 0.25) is 0 Å². The first-order valence-electron chi connectivity index (χ1n) is 20.5. The van der Waals surface area contributed by atoms with E-state index in [9.17, 15) is 0 Å². The monoisotopic (exact) mass is 773 g/mol. The number of para-hydroxylation sites is 1. The van der Waals surface area contributed by atoms with E-state index in [0.29, 0.717) is 11.6 Å². The quantitative estimate of drug-likeness (QED) is 0.125. The zero-order valence-electron chi connectivity index (χ0n) is 35.5. The molecule has 0 radical (unpaired) electrons. The van der Waals surface area contributed by atoms with E-state index in [-0.39, 0.29) is 16.2 Å². The molecular formula is C53H51N5O. The Labute approximate surface area is 347 Å². The highest BCUT2D eigenvalue weighted by Crippen LogP contribution is 2.37. The van der Waals surface area contributed by atoms with Gasteiger partial charge in [-0.1, -0.05) is 129 Å². The zero-order valence-corrected chi connectivity index (χ0v) is 35.5. The van der Waals surface area contributed by atoms with E-state index in [1.165, 1.54) is 22.1 Å². The van der Waals surface area contributed by atoms with Crippen molar-refractivity contribution in [3.05, 3.63) is 169 Å². The Morgan fingerprint density at radius 1 is 0.492 bits per heavy atom. The van der Waals surface area contributed by atoms with E-state index in [1.807, 2.05) is 35.2 Å². The van der Waals surface area contributed by atoms with Crippen LogP contribution in [0.4, 0.5) is 0 Å². The van der Waals surface area contributed by atoms with Crippen molar-refractivity contribution in [1.82, 2.24) is 19.1 Å². The lowest BCUT2D eigenvalue weighted by Gasteiger charge is -2.26. The summed E-state index contributed by atoms with van der Waals surface area (Å²) in [5, 5.41) is 2.31. The van der Waals surface area contributed by atoms with Gasteiger partial charge in [-0.3, -0.25) is 18.7 Å². The molecule has 5 aromatic carbocycles. The third kappa shape index (κ3) is 7.18. The van der Waals surface area contributed by atoms with Gasteiger partial charge in [0, 0.05) is 35.3 Å². The van der Waals surface area contributed by atoms with Crippen LogP contribution in [0.15, 0.2) is 146 Å². The predicted molar refractivity (Wildman–Crippen MR) is 242 cm³/mol. The molecule has 0 atom stereocenters. The fraction of sp³-hybridized carbons (Fsp3) is 0.226. The molecule has 9 aromatic rings. The van der Waals surface area contributed by atoms with Crippen molar-refractivity contribution in [2.45, 2.75) is 78.6 Å². The first-order chi connectivity index (χ1) is 28.1. The number of nitrogens with zero attached hydrogens (tertiary/aromatic N) is 5. The maximum Gasteiger partial charge on any atom is 0.271 e. The summed E-state index contributed by atoms with van der Waals surface area (Å²) in [6.07, 6.45) is 7.45. The summed E-state index contributed by atoms with van der Waals surface area (Å²) in [7, 11) is 0. The predicted octanol–water partition coefficient (Wildman–Crippen LogP) is 12.9. The molecular weight excluding hydrogens is 723 g/mol. The van der Waals surface area contributed by atoms with Crippen LogP contribution in [-0.4, -0.2) is 19.1 Å². The molecule has 0 unspecified atom stereocenters. The summed E-state index contributed by atoms with van der Waals surface area (Å²) in [6, 6.07) is 47.2. The molecule has 0 saturated carbocycles. The van der Waals surface area contributed by atoms with Crippen LogP contribution in [0.5, 0.6) is 11.5 Å². The van der Waals surface area contributed by atoms with Crippen molar-refractivity contribution in [1.29, 1.82) is 0 Å². The summed E-state index contributed by atoms with van der Waals surface area (Å²) in [5.74, 6) is 2.99. The van der Waals surface area contributed by atoms with Crippen molar-refractivity contribution in [3.63, 3.8) is 0 Å². The summed E-state index contributed by atoms with van der Waals surface area (Å²) in [4.78, 5) is 9.75. The number of hydrogen-bond acceptors (Lipinski definition) is 3. The number of fused-ring (bicyclic) bond motifs is 4. The Bertz CT molecular complexity index is 2990. The Balaban J connectivity index is 1.16. The lowest BCUT2D eigenvalue weighted by atomic mass is 9.80. The molecule has 0 aliphatic rings. The highest BCUT2D eigenvalue weighted by Gasteiger charge is 2.24. The van der Waals surface area contributed by atoms with Crippen molar-refractivity contribution >= 4 is 32.8 Å². The number of imidazole rings is 1. The molecule has 0 bridgehead atoms. The van der Waals surface area contributed by atoms with E-state index in [4.69, 9.17) is 14.7 Å². The van der Waals surface area contributed by atoms with Gasteiger partial charge in [-0.15, -0.1) is 0 Å². The second-order valence-corrected chi connectivity index (χ2v) is 18.7. The van der Waals surface area contributed by atoms with Gasteiger partial charge >= 0.3 is 0 Å². The van der Waals surface area contributed by atoms with E-state index in [0.717, 1.165) is 55.8 Å². The Morgan fingerprint density at radius 2 is 1.14 bits per heavy atom. The van der Waals surface area contributed by atoms with Crippen molar-refractivity contribution in [2.24, 2.45) is 0 Å². The van der Waals surface area contributed by atoms with Gasteiger partial charge in [-0.05, 0) is 98.7 Å². The van der Waals surface area contributed by atoms with Crippen LogP contribution in [0.3, 0.4) is 0 Å². The van der Waals surface area contributed by atoms with Crippen LogP contribution in [0, 0.1) is 6.33 Å². The van der Waals surface area contributed by atoms with Gasteiger partial charge in [0.05, 0.1) is 27.8 Å². The molecule has 0 N–H and O–H groups in total. The van der Waals surface area contributed by atoms with Crippen LogP contribution >= 0.6 is 0 Å². The molecule has 59 heavy (non-hydrogen) atoms. The molecule has 0 spiro atoms. The van der Waals surface area contributed by atoms with E-state index < -0.39 is 0 Å². The third-order valence-electron chi connectivity index (χ3n) is 11.3. The highest BCUT2D eigenvalue weighted by atomic mass is 16.5. The molecule has 0 saturated heterocycles. The molecule has 0 aliphatic carbocycles. The van der Waals surface area contributed by atoms with Crippen LogP contribution in [0.1, 0.15) is 79.0 Å². The van der Waals surface area contributed by atoms with Crippen molar-refractivity contribution in [2.75, 3.05) is 0 Å². The first kappa shape index (κ1) is 38.0. The summed E-state index contributed by atoms with van der Waals surface area (Å²) < 4.78 is 13.2. The minimum atomic E-state index is -0.0400. The summed E-state index contributed by atoms with van der Waals surface area (Å²) in [5.41, 5.74) is 11.2. The molecule has 6 nitrogen and oxygen atoms in total. The molecule has 0 aliphatic heterocycles. The first-order valence-corrected chi connectivity index (χ1v) is 20.5. The highest BCUT2D eigenvalue weighted by molar-refractivity contribution is 6.09. The van der Waals surface area contributed by atoms with Crippen LogP contribution in [-0.2, 0) is 16.2 Å². The topological polar surface area (TPSA) is 48.8 Å². The molecule has 0 amide bonds. The van der Waals surface area contributed by atoms with Gasteiger partial charge in [0.15, 0.2) is 5.82 Å². The molecule has 4 aromatic heterocycles. The number of aromatic nitrogens is 5. The SMILES string of the molecule is CC(C)(C)c1cc(-[n+]2[c-]n(-c3cc(Oc4ccc5c6ccccc6n(-c6cc(C(C)(C)C)ccn6)c5c4)ccn3)c3ccc(-c4ccccc4)cc32)cc(C(C)(C)C)c1. The standard InChI is InChI=1S/C53H51N5O/c1-51(2,3)37-23-25-55-50(31-37)58-45-18-14-13-17-43(45)44-21-20-41(32-47(44)58)59-42-24-26-54-49(33-42)57-34-56(40-29-38(52(4,5)6)28-39(30-40)53(7,8)9)48-27-36(19-22-46(48)57)35-15-11-10-12-16-35/h10-33H,1-9H3. The minimum absolute atomic E-state index is 0.0124. The largest absolute Gasteiger partial charge is 0.458 e. The van der Waals surface area contributed by atoms with Gasteiger partial charge < -0.3 is 4.74 Å². The Kier molecular flexibility index (Phi) is 9.08. The van der Waals surface area contributed by atoms with Crippen LogP contribution in [0.25, 0.3) is 61.3 Å². The second-order valence-electron chi connectivity index (χ2n) is 18.7. The second kappa shape index (κ2) is 14.1. The molecule has 0 fully saturated rings. The molecule has 9 rings (SSSR count). The Hall–Kier alpha value is -6.53. The summed E-state index contributed by atoms with van der Waals surface area (Å²) in [6.45, 7) is 20.4. The van der Waals surface area contributed by atoms with Gasteiger partial charge in [-0.2, -0.15) is 0 Å². The number of benzene rings is 5. The van der Waals surface area contributed by atoms with Gasteiger partial charge in [-0.25, -0.2) is 4.98 Å². The fourth-order valence-corrected chi connectivity index (χ4v) is 7.88. The smallest absolute Gasteiger partial charge is 0.271 e. The maximum absolute atomic E-state index is 6.69. The lowest BCUT2D eigenvalue weighted by molar-refractivity contribution is -0.572. The number of rotatable bonds is 6. The van der Waals surface area contributed by atoms with Gasteiger partial charge in [0.25, 0.3) is 6.33 Å². The summed E-state index contributed by atoms with van der Waals surface area (Å²) >= 11 is 0. The average molecular weight is 774 g/mol. The van der Waals surface area contributed by atoms with E-state index in [1.54, 1.807) is 0 Å². The molecule has 4 heterocycles. The normalized spacial score (nSPS) is 12.5. The zero-order chi connectivity index (χ0) is 41.3. The maximum atomic E-state index is 6.69. The van der Waals surface area contributed by atoms with E-state index >= 15 is 0 Å². The Morgan fingerprint density at radius 3 is 1.86 bits per heavy atom. The van der Waals surface area contributed by atoms with Crippen LogP contribution < -0.4 is 9.30 Å². The average Bonchev–Trinajstić information content (AvgIpc) is 3.76. The third-order valence-corrected chi connectivity index (χ3v) is 11.3. The van der Waals surface area contributed by atoms with Gasteiger partial charge in [0.1, 0.15) is 17.3 Å². The number of ether oxygens (including phenoxy) is 1. The van der Waals surface area contributed by atoms with Crippen molar-refractivity contribution < 1.29 is 9.30 Å². The molecule has 294 valence electrons. The number of pyridine rings is 2. The minimum Gasteiger partial charge on any atom is -0.458 e. The lowest BCUT2D eigenvalue weighted by Crippen LogP contribution is -2.31. The molecule has 6 heteroatoms. The van der Waals surface area contributed by atoms with Gasteiger partial charge in [0.2, 0.25) is 0 Å². The fourth-order valence-electron chi connectivity index (χ4n) is 7.88. The van der Waals surface area contributed by atoms with Crippen molar-refractivity contribution in [3.8, 4) is 39.9 Å². The number of hydrogen-bond donors (Lipinski definition) is 0. The van der Waals surface area contributed by atoms with E-state index in [2.05, 4.69) is 193 Å².